The minimum atomic E-state index is -3.20. The fraction of sp³-hybridized carbons (Fsp3) is 0.429. The van der Waals surface area contributed by atoms with Crippen LogP contribution in [0.4, 0.5) is 0 Å². The van der Waals surface area contributed by atoms with Crippen molar-refractivity contribution in [3.8, 4) is 0 Å². The Labute approximate surface area is 123 Å². The molecule has 1 amide bonds. The van der Waals surface area contributed by atoms with E-state index in [-0.39, 0.29) is 10.8 Å². The molecule has 7 heteroatoms. The van der Waals surface area contributed by atoms with Gasteiger partial charge in [0.15, 0.2) is 9.84 Å². The predicted octanol–water partition coefficient (Wildman–Crippen LogP) is 0.469. The summed E-state index contributed by atoms with van der Waals surface area (Å²) in [6.45, 7) is 0.403. The van der Waals surface area contributed by atoms with Gasteiger partial charge in [-0.15, -0.1) is 0 Å². The van der Waals surface area contributed by atoms with Crippen molar-refractivity contribution in [2.24, 2.45) is 11.8 Å². The van der Waals surface area contributed by atoms with E-state index in [0.29, 0.717) is 19.4 Å². The molecule has 0 saturated heterocycles. The van der Waals surface area contributed by atoms with Crippen molar-refractivity contribution in [1.29, 1.82) is 0 Å². The normalized spacial score (nSPS) is 20.8. The molecule has 2 rings (SSSR count). The van der Waals surface area contributed by atoms with Crippen LogP contribution in [0.25, 0.3) is 0 Å². The van der Waals surface area contributed by atoms with Crippen LogP contribution < -0.4 is 5.32 Å². The van der Waals surface area contributed by atoms with Crippen LogP contribution in [-0.2, 0) is 25.8 Å². The molecule has 21 heavy (non-hydrogen) atoms. The Morgan fingerprint density at radius 2 is 1.86 bits per heavy atom. The molecule has 0 spiro atoms. The quantitative estimate of drug-likeness (QED) is 0.795. The number of rotatable bonds is 6. The SMILES string of the molecule is CS(=O)(=O)c1ccc(CCNC(=O)[C@@H]2C[C@@H]2C(=O)O)cc1. The molecule has 1 aromatic rings. The van der Waals surface area contributed by atoms with E-state index >= 15 is 0 Å². The highest BCUT2D eigenvalue weighted by Crippen LogP contribution is 2.38. The Hall–Kier alpha value is -1.89. The van der Waals surface area contributed by atoms with Gasteiger partial charge in [0.25, 0.3) is 0 Å². The van der Waals surface area contributed by atoms with E-state index in [0.717, 1.165) is 11.8 Å². The number of nitrogens with one attached hydrogen (secondary N) is 1. The first-order chi connectivity index (χ1) is 9.79. The van der Waals surface area contributed by atoms with E-state index < -0.39 is 27.6 Å². The largest absolute Gasteiger partial charge is 0.481 e. The summed E-state index contributed by atoms with van der Waals surface area (Å²) in [5.41, 5.74) is 0.910. The van der Waals surface area contributed by atoms with Gasteiger partial charge >= 0.3 is 5.97 Å². The number of carbonyl (C=O) groups excluding carboxylic acids is 1. The Morgan fingerprint density at radius 3 is 2.33 bits per heavy atom. The Kier molecular flexibility index (Phi) is 4.32. The minimum absolute atomic E-state index is 0.227. The molecule has 2 N–H and O–H groups in total. The molecular formula is C14H17NO5S. The first kappa shape index (κ1) is 15.5. The van der Waals surface area contributed by atoms with Crippen molar-refractivity contribution in [1.82, 2.24) is 5.32 Å². The number of hydrogen-bond acceptors (Lipinski definition) is 4. The topological polar surface area (TPSA) is 101 Å². The lowest BCUT2D eigenvalue weighted by Crippen LogP contribution is -2.28. The molecule has 0 aromatic heterocycles. The molecule has 1 aromatic carbocycles. The van der Waals surface area contributed by atoms with Crippen LogP contribution in [0.5, 0.6) is 0 Å². The second kappa shape index (κ2) is 5.85. The molecule has 0 bridgehead atoms. The summed E-state index contributed by atoms with van der Waals surface area (Å²) in [4.78, 5) is 22.6. The minimum Gasteiger partial charge on any atom is -0.481 e. The van der Waals surface area contributed by atoms with Gasteiger partial charge in [0.05, 0.1) is 16.7 Å². The summed E-state index contributed by atoms with van der Waals surface area (Å²) in [6.07, 6.45) is 2.13. The van der Waals surface area contributed by atoms with E-state index in [9.17, 15) is 18.0 Å². The molecule has 0 aliphatic heterocycles. The summed E-state index contributed by atoms with van der Waals surface area (Å²) in [6, 6.07) is 6.49. The summed E-state index contributed by atoms with van der Waals surface area (Å²) < 4.78 is 22.6. The maximum atomic E-state index is 11.6. The van der Waals surface area contributed by atoms with Gasteiger partial charge in [-0.25, -0.2) is 8.42 Å². The number of carboxylic acid groups (broad SMARTS) is 1. The van der Waals surface area contributed by atoms with Crippen LogP contribution in [0.1, 0.15) is 12.0 Å². The number of hydrogen-bond donors (Lipinski definition) is 2. The maximum absolute atomic E-state index is 11.6. The molecule has 0 unspecified atom stereocenters. The van der Waals surface area contributed by atoms with Gasteiger partial charge in [0.1, 0.15) is 0 Å². The van der Waals surface area contributed by atoms with Crippen molar-refractivity contribution in [3.05, 3.63) is 29.8 Å². The number of carboxylic acids is 1. The van der Waals surface area contributed by atoms with Gasteiger partial charge < -0.3 is 10.4 Å². The van der Waals surface area contributed by atoms with E-state index in [2.05, 4.69) is 5.32 Å². The van der Waals surface area contributed by atoms with E-state index in [1.165, 1.54) is 12.1 Å². The standard InChI is InChI=1S/C14H17NO5S/c1-21(19,20)10-4-2-9(3-5-10)6-7-15-13(16)11-8-12(11)14(17)18/h2-5,11-12H,6-8H2,1H3,(H,15,16)(H,17,18)/t11-,12+/m1/s1. The summed E-state index contributed by atoms with van der Waals surface area (Å²) in [5, 5.41) is 11.4. The number of benzene rings is 1. The monoisotopic (exact) mass is 311 g/mol. The zero-order chi connectivity index (χ0) is 15.6. The van der Waals surface area contributed by atoms with Gasteiger partial charge in [-0.05, 0) is 30.5 Å². The van der Waals surface area contributed by atoms with Crippen molar-refractivity contribution in [2.75, 3.05) is 12.8 Å². The number of aliphatic carboxylic acids is 1. The van der Waals surface area contributed by atoms with Crippen molar-refractivity contribution in [3.63, 3.8) is 0 Å². The average Bonchev–Trinajstić information content (AvgIpc) is 3.18. The van der Waals surface area contributed by atoms with Crippen molar-refractivity contribution >= 4 is 21.7 Å². The van der Waals surface area contributed by atoms with Gasteiger partial charge in [0.2, 0.25) is 5.91 Å². The zero-order valence-corrected chi connectivity index (χ0v) is 12.4. The molecular weight excluding hydrogens is 294 g/mol. The molecule has 0 heterocycles. The molecule has 1 saturated carbocycles. The molecule has 1 aliphatic carbocycles. The van der Waals surface area contributed by atoms with Gasteiger partial charge in [-0.1, -0.05) is 12.1 Å². The van der Waals surface area contributed by atoms with Crippen LogP contribution in [0, 0.1) is 11.8 Å². The summed E-state index contributed by atoms with van der Waals surface area (Å²) in [7, 11) is -3.20. The fourth-order valence-electron chi connectivity index (χ4n) is 2.12. The highest BCUT2D eigenvalue weighted by molar-refractivity contribution is 7.90. The molecule has 6 nitrogen and oxygen atoms in total. The zero-order valence-electron chi connectivity index (χ0n) is 11.6. The lowest BCUT2D eigenvalue weighted by Gasteiger charge is -2.05. The molecule has 1 aliphatic rings. The third kappa shape index (κ3) is 4.04. The Morgan fingerprint density at radius 1 is 1.24 bits per heavy atom. The molecule has 114 valence electrons. The van der Waals surface area contributed by atoms with E-state index in [1.807, 2.05) is 0 Å². The van der Waals surface area contributed by atoms with Gasteiger partial charge in [-0.2, -0.15) is 0 Å². The van der Waals surface area contributed by atoms with E-state index in [4.69, 9.17) is 5.11 Å². The summed E-state index contributed by atoms with van der Waals surface area (Å²) >= 11 is 0. The van der Waals surface area contributed by atoms with Crippen LogP contribution in [0.3, 0.4) is 0 Å². The number of carbonyl (C=O) groups is 2. The van der Waals surface area contributed by atoms with Crippen LogP contribution in [-0.4, -0.2) is 38.2 Å². The molecule has 0 radical (unpaired) electrons. The fourth-order valence-corrected chi connectivity index (χ4v) is 2.75. The van der Waals surface area contributed by atoms with Gasteiger partial charge in [-0.3, -0.25) is 9.59 Å². The predicted molar refractivity (Wildman–Crippen MR) is 75.5 cm³/mol. The Balaban J connectivity index is 1.79. The van der Waals surface area contributed by atoms with Crippen LogP contribution >= 0.6 is 0 Å². The third-order valence-corrected chi connectivity index (χ3v) is 4.64. The first-order valence-corrected chi connectivity index (χ1v) is 8.47. The lowest BCUT2D eigenvalue weighted by atomic mass is 10.1. The van der Waals surface area contributed by atoms with Crippen LogP contribution in [0.2, 0.25) is 0 Å². The van der Waals surface area contributed by atoms with E-state index in [1.54, 1.807) is 12.1 Å². The van der Waals surface area contributed by atoms with Crippen molar-refractivity contribution < 1.29 is 23.1 Å². The second-order valence-corrected chi connectivity index (χ2v) is 7.26. The first-order valence-electron chi connectivity index (χ1n) is 6.58. The third-order valence-electron chi connectivity index (χ3n) is 3.51. The maximum Gasteiger partial charge on any atom is 0.307 e. The highest BCUT2D eigenvalue weighted by atomic mass is 32.2. The smallest absolute Gasteiger partial charge is 0.307 e. The Bertz CT molecular complexity index is 650. The van der Waals surface area contributed by atoms with Gasteiger partial charge in [0, 0.05) is 12.8 Å². The molecule has 2 atom stereocenters. The average molecular weight is 311 g/mol. The molecule has 1 fully saturated rings. The highest BCUT2D eigenvalue weighted by Gasteiger charge is 2.48. The lowest BCUT2D eigenvalue weighted by molar-refractivity contribution is -0.140. The van der Waals surface area contributed by atoms with Crippen molar-refractivity contribution in [2.45, 2.75) is 17.7 Å². The number of amides is 1. The number of sulfone groups is 1. The van der Waals surface area contributed by atoms with Crippen LogP contribution in [0.15, 0.2) is 29.2 Å². The second-order valence-electron chi connectivity index (χ2n) is 5.24. The summed E-state index contributed by atoms with van der Waals surface area (Å²) in [5.74, 6) is -2.10.